The molecule has 2 N–H and O–H groups in total. The van der Waals surface area contributed by atoms with Crippen LogP contribution in [0.2, 0.25) is 0 Å². The van der Waals surface area contributed by atoms with Gasteiger partial charge in [0.15, 0.2) is 0 Å². The van der Waals surface area contributed by atoms with Gasteiger partial charge in [0.25, 0.3) is 0 Å². The zero-order valence-electron chi connectivity index (χ0n) is 13.9. The summed E-state index contributed by atoms with van der Waals surface area (Å²) >= 11 is 0. The summed E-state index contributed by atoms with van der Waals surface area (Å²) in [5.74, 6) is 1.29. The third kappa shape index (κ3) is 3.68. The zero-order chi connectivity index (χ0) is 16.9. The topological polar surface area (TPSA) is 77.4 Å². The van der Waals surface area contributed by atoms with E-state index in [1.54, 1.807) is 13.3 Å². The molecule has 3 rings (SSSR count). The lowest BCUT2D eigenvalue weighted by atomic mass is 10.1. The minimum absolute atomic E-state index is 0.118. The third-order valence-corrected chi connectivity index (χ3v) is 4.11. The number of nitrogens with one attached hydrogen (secondary N) is 2. The number of nitrogens with zero attached hydrogens (tertiary/aromatic N) is 2. The second-order valence-electron chi connectivity index (χ2n) is 5.72. The average Bonchev–Trinajstić information content (AvgIpc) is 3.24. The van der Waals surface area contributed by atoms with Crippen molar-refractivity contribution in [1.82, 2.24) is 14.9 Å². The van der Waals surface area contributed by atoms with Gasteiger partial charge in [-0.1, -0.05) is 0 Å². The van der Waals surface area contributed by atoms with E-state index < -0.39 is 0 Å². The fraction of sp³-hybridized carbons (Fsp3) is 0.412. The molecule has 128 valence electrons. The maximum absolute atomic E-state index is 12.0. The number of imidazole rings is 1. The second-order valence-corrected chi connectivity index (χ2v) is 5.72. The molecule has 2 aromatic rings. The number of ether oxygens (including phenoxy) is 2. The Labute approximate surface area is 141 Å². The quantitative estimate of drug-likeness (QED) is 0.882. The Bertz CT molecular complexity index is 690. The van der Waals surface area contributed by atoms with Crippen LogP contribution in [0, 0.1) is 0 Å². The third-order valence-electron chi connectivity index (χ3n) is 4.11. The van der Waals surface area contributed by atoms with Crippen LogP contribution in [0.1, 0.15) is 12.8 Å². The molecule has 1 atom stereocenters. The second kappa shape index (κ2) is 7.35. The molecule has 24 heavy (non-hydrogen) atoms. The number of aromatic nitrogens is 2. The smallest absolute Gasteiger partial charge is 0.321 e. The molecular weight excluding hydrogens is 308 g/mol. The largest absolute Gasteiger partial charge is 0.497 e. The normalized spacial score (nSPS) is 16.8. The molecule has 2 amide bonds. The van der Waals surface area contributed by atoms with Crippen molar-refractivity contribution in [2.75, 3.05) is 25.6 Å². The average molecular weight is 330 g/mol. The minimum Gasteiger partial charge on any atom is -0.497 e. The van der Waals surface area contributed by atoms with Gasteiger partial charge in [0.05, 0.1) is 25.1 Å². The van der Waals surface area contributed by atoms with Gasteiger partial charge < -0.3 is 19.4 Å². The molecule has 1 aromatic heterocycles. The summed E-state index contributed by atoms with van der Waals surface area (Å²) in [5, 5.41) is 5.59. The lowest BCUT2D eigenvalue weighted by Crippen LogP contribution is -2.35. The van der Waals surface area contributed by atoms with Crippen molar-refractivity contribution >= 4 is 12.0 Å². The number of anilines is 1. The standard InChI is InChI=1S/C17H22N4O3/c1-21-15(12-5-7-13(23-2)8-6-12)11-18-16(21)20-17(22)19-10-14-4-3-9-24-14/h5-8,11,14H,3-4,9-10H2,1-2H3,(H2,18,19,20,22)/t14-/m1/s1. The fourth-order valence-corrected chi connectivity index (χ4v) is 2.71. The van der Waals surface area contributed by atoms with Crippen molar-refractivity contribution < 1.29 is 14.3 Å². The van der Waals surface area contributed by atoms with Crippen molar-refractivity contribution in [1.29, 1.82) is 0 Å². The van der Waals surface area contributed by atoms with Crippen LogP contribution in [0.4, 0.5) is 10.7 Å². The number of rotatable bonds is 5. The summed E-state index contributed by atoms with van der Waals surface area (Å²) in [5.41, 5.74) is 1.91. The highest BCUT2D eigenvalue weighted by atomic mass is 16.5. The number of carbonyl (C=O) groups is 1. The number of urea groups is 1. The minimum atomic E-state index is -0.277. The van der Waals surface area contributed by atoms with Gasteiger partial charge >= 0.3 is 6.03 Å². The summed E-state index contributed by atoms with van der Waals surface area (Å²) in [6, 6.07) is 7.42. The molecule has 0 unspecified atom stereocenters. The monoisotopic (exact) mass is 330 g/mol. The molecule has 1 aromatic carbocycles. The van der Waals surface area contributed by atoms with Crippen LogP contribution >= 0.6 is 0 Å². The lowest BCUT2D eigenvalue weighted by molar-refractivity contribution is 0.112. The van der Waals surface area contributed by atoms with E-state index in [9.17, 15) is 4.79 Å². The number of hydrogen-bond acceptors (Lipinski definition) is 4. The van der Waals surface area contributed by atoms with E-state index in [2.05, 4.69) is 15.6 Å². The van der Waals surface area contributed by atoms with Gasteiger partial charge in [-0.2, -0.15) is 0 Å². The zero-order valence-corrected chi connectivity index (χ0v) is 13.9. The number of benzene rings is 1. The Hall–Kier alpha value is -2.54. The summed E-state index contributed by atoms with van der Waals surface area (Å²) in [6.07, 6.45) is 3.90. The molecule has 0 radical (unpaired) electrons. The van der Waals surface area contributed by atoms with Crippen molar-refractivity contribution in [3.05, 3.63) is 30.5 Å². The molecule has 7 nitrogen and oxygen atoms in total. The summed E-state index contributed by atoms with van der Waals surface area (Å²) in [4.78, 5) is 16.3. The van der Waals surface area contributed by atoms with E-state index >= 15 is 0 Å². The van der Waals surface area contributed by atoms with E-state index in [4.69, 9.17) is 9.47 Å². The molecule has 0 bridgehead atoms. The van der Waals surface area contributed by atoms with E-state index in [0.29, 0.717) is 12.5 Å². The Balaban J connectivity index is 1.62. The molecule has 1 fully saturated rings. The van der Waals surface area contributed by atoms with Crippen LogP contribution < -0.4 is 15.4 Å². The van der Waals surface area contributed by atoms with Gasteiger partial charge in [-0.15, -0.1) is 0 Å². The predicted octanol–water partition coefficient (Wildman–Crippen LogP) is 2.40. The lowest BCUT2D eigenvalue weighted by Gasteiger charge is -2.12. The van der Waals surface area contributed by atoms with Crippen LogP contribution in [-0.4, -0.2) is 41.9 Å². The maximum atomic E-state index is 12.0. The van der Waals surface area contributed by atoms with Crippen LogP contribution in [0.5, 0.6) is 5.75 Å². The van der Waals surface area contributed by atoms with Gasteiger partial charge in [0.2, 0.25) is 5.95 Å². The van der Waals surface area contributed by atoms with Gasteiger partial charge in [0, 0.05) is 25.8 Å². The predicted molar refractivity (Wildman–Crippen MR) is 91.2 cm³/mol. The highest BCUT2D eigenvalue weighted by molar-refractivity contribution is 5.88. The number of carbonyl (C=O) groups excluding carboxylic acids is 1. The first-order valence-electron chi connectivity index (χ1n) is 8.00. The van der Waals surface area contributed by atoms with Crippen LogP contribution in [0.3, 0.4) is 0 Å². The van der Waals surface area contributed by atoms with E-state index in [0.717, 1.165) is 36.5 Å². The van der Waals surface area contributed by atoms with Gasteiger partial charge in [0.1, 0.15) is 5.75 Å². The van der Waals surface area contributed by atoms with Gasteiger partial charge in [-0.25, -0.2) is 9.78 Å². The Morgan fingerprint density at radius 3 is 2.88 bits per heavy atom. The first kappa shape index (κ1) is 16.3. The molecule has 0 saturated carbocycles. The first-order chi connectivity index (χ1) is 11.7. The Kier molecular flexibility index (Phi) is 5.00. The van der Waals surface area contributed by atoms with Crippen molar-refractivity contribution in [3.63, 3.8) is 0 Å². The van der Waals surface area contributed by atoms with E-state index in [-0.39, 0.29) is 12.1 Å². The highest BCUT2D eigenvalue weighted by Crippen LogP contribution is 2.24. The molecule has 7 heteroatoms. The van der Waals surface area contributed by atoms with Crippen molar-refractivity contribution in [2.24, 2.45) is 7.05 Å². The Morgan fingerprint density at radius 1 is 1.42 bits per heavy atom. The van der Waals surface area contributed by atoms with Crippen molar-refractivity contribution in [2.45, 2.75) is 18.9 Å². The molecule has 1 aliphatic rings. The molecular formula is C17H22N4O3. The van der Waals surface area contributed by atoms with Crippen LogP contribution in [-0.2, 0) is 11.8 Å². The summed E-state index contributed by atoms with van der Waals surface area (Å²) in [7, 11) is 3.50. The molecule has 1 saturated heterocycles. The van der Waals surface area contributed by atoms with Crippen molar-refractivity contribution in [3.8, 4) is 17.0 Å². The van der Waals surface area contributed by atoms with E-state index in [1.807, 2.05) is 35.9 Å². The Morgan fingerprint density at radius 2 is 2.21 bits per heavy atom. The summed E-state index contributed by atoms with van der Waals surface area (Å²) < 4.78 is 12.5. The number of methoxy groups -OCH3 is 1. The molecule has 0 spiro atoms. The highest BCUT2D eigenvalue weighted by Gasteiger charge is 2.17. The fourth-order valence-electron chi connectivity index (χ4n) is 2.71. The number of hydrogen-bond donors (Lipinski definition) is 2. The molecule has 1 aliphatic heterocycles. The molecule has 0 aliphatic carbocycles. The van der Waals surface area contributed by atoms with Crippen LogP contribution in [0.25, 0.3) is 11.3 Å². The number of amides is 2. The summed E-state index contributed by atoms with van der Waals surface area (Å²) in [6.45, 7) is 1.29. The van der Waals surface area contributed by atoms with Gasteiger partial charge in [-0.3, -0.25) is 5.32 Å². The van der Waals surface area contributed by atoms with E-state index in [1.165, 1.54) is 0 Å². The SMILES string of the molecule is COc1ccc(-c2cnc(NC(=O)NC[C@H]3CCCO3)n2C)cc1. The van der Waals surface area contributed by atoms with Gasteiger partial charge in [-0.05, 0) is 37.1 Å². The first-order valence-corrected chi connectivity index (χ1v) is 8.00. The van der Waals surface area contributed by atoms with Crippen LogP contribution in [0.15, 0.2) is 30.5 Å². The molecule has 2 heterocycles. The maximum Gasteiger partial charge on any atom is 0.321 e.